The molecule has 0 unspecified atom stereocenters. The van der Waals surface area contributed by atoms with Gasteiger partial charge in [0.25, 0.3) is 10.9 Å². The molecular weight excluding hydrogens is 385 g/mol. The molecule has 2 rings (SSSR count). The average molecular weight is 400 g/mol. The molecule has 2 aromatic carbocycles. The lowest BCUT2D eigenvalue weighted by Crippen LogP contribution is -2.24. The number of thioether (sulfide) groups is 1. The lowest BCUT2D eigenvalue weighted by Gasteiger charge is -2.10. The van der Waals surface area contributed by atoms with Gasteiger partial charge in [0.05, 0.1) is 21.9 Å². The number of hydrogen-bond donors (Lipinski definition) is 1. The van der Waals surface area contributed by atoms with Gasteiger partial charge in [0.1, 0.15) is 12.4 Å². The van der Waals surface area contributed by atoms with Gasteiger partial charge in [-0.15, -0.1) is 0 Å². The highest BCUT2D eigenvalue weighted by atomic mass is 32.2. The van der Waals surface area contributed by atoms with E-state index in [0.29, 0.717) is 29.6 Å². The van der Waals surface area contributed by atoms with Gasteiger partial charge in [-0.05, 0) is 42.4 Å². The number of ether oxygens (including phenoxy) is 1. The minimum absolute atomic E-state index is 0.134. The summed E-state index contributed by atoms with van der Waals surface area (Å²) in [4.78, 5) is 21.8. The molecule has 10 heteroatoms. The Kier molecular flexibility index (Phi) is 6.67. The van der Waals surface area contributed by atoms with Crippen LogP contribution >= 0.6 is 11.8 Å². The molecule has 0 aliphatic rings. The second-order valence-electron chi connectivity index (χ2n) is 5.37. The SMILES string of the molecule is Cc1ccccc1OCCNC(=O)Sc1ccc(C(F)(F)F)cc1[N+](=O)[O-]. The van der Waals surface area contributed by atoms with Crippen LogP contribution in [0.5, 0.6) is 5.75 Å². The van der Waals surface area contributed by atoms with Crippen molar-refractivity contribution in [2.45, 2.75) is 18.0 Å². The standard InChI is InChI=1S/C17H15F3N2O4S/c1-11-4-2-3-5-14(11)26-9-8-21-16(23)27-15-7-6-12(17(18,19)20)10-13(15)22(24)25/h2-7,10H,8-9H2,1H3,(H,21,23). The minimum Gasteiger partial charge on any atom is -0.491 e. The third kappa shape index (κ3) is 5.88. The van der Waals surface area contributed by atoms with E-state index < -0.39 is 27.6 Å². The summed E-state index contributed by atoms with van der Waals surface area (Å²) in [5, 5.41) is 12.9. The van der Waals surface area contributed by atoms with Crippen molar-refractivity contribution in [1.82, 2.24) is 5.32 Å². The molecule has 6 nitrogen and oxygen atoms in total. The van der Waals surface area contributed by atoms with E-state index in [-0.39, 0.29) is 18.0 Å². The summed E-state index contributed by atoms with van der Waals surface area (Å²) in [6, 6.07) is 9.33. The lowest BCUT2D eigenvalue weighted by molar-refractivity contribution is -0.388. The molecule has 0 saturated heterocycles. The summed E-state index contributed by atoms with van der Waals surface area (Å²) in [5.41, 5.74) is -0.995. The van der Waals surface area contributed by atoms with Crippen molar-refractivity contribution >= 4 is 22.7 Å². The van der Waals surface area contributed by atoms with Crippen molar-refractivity contribution in [1.29, 1.82) is 0 Å². The fraction of sp³-hybridized carbons (Fsp3) is 0.235. The fourth-order valence-electron chi connectivity index (χ4n) is 2.09. The number of benzene rings is 2. The maximum absolute atomic E-state index is 12.7. The Labute approximate surface area is 156 Å². The van der Waals surface area contributed by atoms with E-state index in [0.717, 1.165) is 11.6 Å². The van der Waals surface area contributed by atoms with Gasteiger partial charge >= 0.3 is 6.18 Å². The Morgan fingerprint density at radius 2 is 1.96 bits per heavy atom. The predicted molar refractivity (Wildman–Crippen MR) is 94.0 cm³/mol. The first-order chi connectivity index (χ1) is 12.7. The Morgan fingerprint density at radius 3 is 2.59 bits per heavy atom. The van der Waals surface area contributed by atoms with Crippen LogP contribution in [0.15, 0.2) is 47.4 Å². The molecule has 0 heterocycles. The Hall–Kier alpha value is -2.75. The Balaban J connectivity index is 1.93. The molecule has 0 saturated carbocycles. The van der Waals surface area contributed by atoms with Gasteiger partial charge in [-0.3, -0.25) is 14.9 Å². The molecule has 0 spiro atoms. The van der Waals surface area contributed by atoms with Crippen LogP contribution in [0.4, 0.5) is 23.7 Å². The van der Waals surface area contributed by atoms with Crippen LogP contribution in [-0.4, -0.2) is 23.3 Å². The van der Waals surface area contributed by atoms with Crippen molar-refractivity contribution in [3.63, 3.8) is 0 Å². The summed E-state index contributed by atoms with van der Waals surface area (Å²) in [6.45, 7) is 2.17. The van der Waals surface area contributed by atoms with Gasteiger partial charge < -0.3 is 10.1 Å². The van der Waals surface area contributed by atoms with E-state index in [4.69, 9.17) is 4.74 Å². The second kappa shape index (κ2) is 8.76. The van der Waals surface area contributed by atoms with Gasteiger partial charge in [0.2, 0.25) is 0 Å². The third-order valence-corrected chi connectivity index (χ3v) is 4.30. The number of nitro benzene ring substituents is 1. The summed E-state index contributed by atoms with van der Waals surface area (Å²) in [6.07, 6.45) is -4.71. The number of para-hydroxylation sites is 1. The van der Waals surface area contributed by atoms with Crippen molar-refractivity contribution in [2.75, 3.05) is 13.2 Å². The zero-order valence-electron chi connectivity index (χ0n) is 14.1. The smallest absolute Gasteiger partial charge is 0.416 e. The quantitative estimate of drug-likeness (QED) is 0.326. The number of alkyl halides is 3. The lowest BCUT2D eigenvalue weighted by atomic mass is 10.2. The summed E-state index contributed by atoms with van der Waals surface area (Å²) in [5.74, 6) is 0.665. The van der Waals surface area contributed by atoms with Crippen LogP contribution in [0.3, 0.4) is 0 Å². The molecule has 0 fully saturated rings. The number of aryl methyl sites for hydroxylation is 1. The first kappa shape index (κ1) is 20.6. The Bertz CT molecular complexity index is 843. The zero-order valence-corrected chi connectivity index (χ0v) is 14.9. The van der Waals surface area contributed by atoms with Crippen molar-refractivity contribution in [3.8, 4) is 5.75 Å². The largest absolute Gasteiger partial charge is 0.491 e. The first-order valence-electron chi connectivity index (χ1n) is 7.68. The van der Waals surface area contributed by atoms with Crippen LogP contribution < -0.4 is 10.1 Å². The number of halogens is 3. The van der Waals surface area contributed by atoms with E-state index in [2.05, 4.69) is 5.32 Å². The van der Waals surface area contributed by atoms with Crippen LogP contribution in [0.25, 0.3) is 0 Å². The molecule has 0 aromatic heterocycles. The topological polar surface area (TPSA) is 81.5 Å². The molecule has 27 heavy (non-hydrogen) atoms. The van der Waals surface area contributed by atoms with Crippen LogP contribution in [0.1, 0.15) is 11.1 Å². The Morgan fingerprint density at radius 1 is 1.26 bits per heavy atom. The highest BCUT2D eigenvalue weighted by molar-refractivity contribution is 8.13. The number of hydrogen-bond acceptors (Lipinski definition) is 5. The average Bonchev–Trinajstić information content (AvgIpc) is 2.59. The van der Waals surface area contributed by atoms with Gasteiger partial charge in [0.15, 0.2) is 0 Å². The highest BCUT2D eigenvalue weighted by Gasteiger charge is 2.33. The van der Waals surface area contributed by atoms with E-state index in [1.165, 1.54) is 0 Å². The van der Waals surface area contributed by atoms with E-state index in [1.807, 2.05) is 19.1 Å². The highest BCUT2D eigenvalue weighted by Crippen LogP contribution is 2.36. The van der Waals surface area contributed by atoms with Crippen LogP contribution in [-0.2, 0) is 6.18 Å². The van der Waals surface area contributed by atoms with E-state index in [1.54, 1.807) is 12.1 Å². The van der Waals surface area contributed by atoms with Crippen molar-refractivity contribution in [3.05, 3.63) is 63.7 Å². The van der Waals surface area contributed by atoms with Gasteiger partial charge in [0, 0.05) is 6.07 Å². The minimum atomic E-state index is -4.71. The second-order valence-corrected chi connectivity index (χ2v) is 6.38. The summed E-state index contributed by atoms with van der Waals surface area (Å²) in [7, 11) is 0. The molecule has 2 aromatic rings. The molecule has 1 N–H and O–H groups in total. The normalized spacial score (nSPS) is 11.1. The molecule has 1 amide bonds. The maximum atomic E-state index is 12.7. The number of carbonyl (C=O) groups excluding carboxylic acids is 1. The number of nitrogens with one attached hydrogen (secondary N) is 1. The predicted octanol–water partition coefficient (Wildman–Crippen LogP) is 4.80. The summed E-state index contributed by atoms with van der Waals surface area (Å²) < 4.78 is 43.5. The molecule has 0 radical (unpaired) electrons. The van der Waals surface area contributed by atoms with Gasteiger partial charge in [-0.25, -0.2) is 0 Å². The van der Waals surface area contributed by atoms with Gasteiger partial charge in [-0.2, -0.15) is 13.2 Å². The van der Waals surface area contributed by atoms with Crippen LogP contribution in [0, 0.1) is 17.0 Å². The number of amides is 1. The number of nitrogens with zero attached hydrogens (tertiary/aromatic N) is 1. The fourth-order valence-corrected chi connectivity index (χ4v) is 2.84. The van der Waals surface area contributed by atoms with Crippen molar-refractivity contribution in [2.24, 2.45) is 0 Å². The molecule has 144 valence electrons. The number of rotatable bonds is 6. The van der Waals surface area contributed by atoms with E-state index >= 15 is 0 Å². The molecule has 0 aliphatic carbocycles. The van der Waals surface area contributed by atoms with Gasteiger partial charge in [-0.1, -0.05) is 18.2 Å². The van der Waals surface area contributed by atoms with Crippen molar-refractivity contribution < 1.29 is 27.6 Å². The number of carbonyl (C=O) groups is 1. The molecule has 0 atom stereocenters. The van der Waals surface area contributed by atoms with Crippen LogP contribution in [0.2, 0.25) is 0 Å². The molecule has 0 aliphatic heterocycles. The summed E-state index contributed by atoms with van der Waals surface area (Å²) >= 11 is 0.453. The zero-order chi connectivity index (χ0) is 20.0. The van der Waals surface area contributed by atoms with E-state index in [9.17, 15) is 28.1 Å². The third-order valence-electron chi connectivity index (χ3n) is 3.41. The first-order valence-corrected chi connectivity index (χ1v) is 8.50. The molecule has 0 bridgehead atoms. The monoisotopic (exact) mass is 400 g/mol. The maximum Gasteiger partial charge on any atom is 0.416 e. The number of nitro groups is 1. The molecular formula is C17H15F3N2O4S.